The van der Waals surface area contributed by atoms with Gasteiger partial charge in [-0.3, -0.25) is 4.79 Å². The van der Waals surface area contributed by atoms with Crippen LogP contribution in [-0.2, 0) is 26.0 Å². The van der Waals surface area contributed by atoms with Crippen molar-refractivity contribution in [2.24, 2.45) is 0 Å². The molecule has 0 saturated carbocycles. The van der Waals surface area contributed by atoms with Crippen LogP contribution in [-0.4, -0.2) is 27.5 Å². The molecule has 0 fully saturated rings. The minimum atomic E-state index is -4.09. The monoisotopic (exact) mass is 507 g/mol. The van der Waals surface area contributed by atoms with Crippen LogP contribution in [0.25, 0.3) is 0 Å². The van der Waals surface area contributed by atoms with Crippen molar-refractivity contribution in [2.45, 2.75) is 30.2 Å². The number of ether oxygens (including phenoxy) is 2. The molecule has 0 spiro atoms. The molecule has 3 aromatic carbocycles. The number of nitrogens with one attached hydrogen (secondary N) is 1. The Labute approximate surface area is 203 Å². The molecule has 0 aromatic heterocycles. The minimum absolute atomic E-state index is 0.0356. The van der Waals surface area contributed by atoms with Crippen LogP contribution in [0.1, 0.15) is 18.1 Å². The predicted octanol–water partition coefficient (Wildman–Crippen LogP) is 5.69. The lowest BCUT2D eigenvalue weighted by molar-refractivity contribution is -0.140. The summed E-state index contributed by atoms with van der Waals surface area (Å²) in [4.78, 5) is 11.6. The van der Waals surface area contributed by atoms with Crippen LogP contribution < -0.4 is 10.1 Å². The highest BCUT2D eigenvalue weighted by molar-refractivity contribution is 7.91. The van der Waals surface area contributed by atoms with E-state index in [1.807, 2.05) is 37.3 Å². The van der Waals surface area contributed by atoms with E-state index < -0.39 is 15.8 Å². The van der Waals surface area contributed by atoms with E-state index in [1.54, 1.807) is 19.1 Å². The predicted molar refractivity (Wildman–Crippen MR) is 129 cm³/mol. The number of esters is 1. The maximum absolute atomic E-state index is 13.5. The van der Waals surface area contributed by atoms with Crippen LogP contribution in [0.2, 0.25) is 10.0 Å². The van der Waals surface area contributed by atoms with E-state index in [0.717, 1.165) is 11.1 Å². The summed E-state index contributed by atoms with van der Waals surface area (Å²) in [5.74, 6) is -0.403. The van der Waals surface area contributed by atoms with Crippen molar-refractivity contribution in [2.75, 3.05) is 18.5 Å². The molecule has 0 heterocycles. The number of sulfone groups is 1. The highest BCUT2D eigenvalue weighted by Crippen LogP contribution is 2.44. The Kier molecular flexibility index (Phi) is 8.24. The van der Waals surface area contributed by atoms with Gasteiger partial charge >= 0.3 is 5.97 Å². The Balaban J connectivity index is 2.06. The number of rotatable bonds is 9. The largest absolute Gasteiger partial charge is 0.487 e. The van der Waals surface area contributed by atoms with Crippen LogP contribution in [0.4, 0.5) is 5.69 Å². The smallest absolute Gasteiger partial charge is 0.325 e. The second kappa shape index (κ2) is 10.9. The number of carbonyl (C=O) groups excluding carboxylic acids is 1. The molecular weight excluding hydrogens is 485 g/mol. The normalized spacial score (nSPS) is 11.2. The molecule has 33 heavy (non-hydrogen) atoms. The highest BCUT2D eigenvalue weighted by Gasteiger charge is 2.29. The Bertz CT molecular complexity index is 1230. The Morgan fingerprint density at radius 2 is 1.67 bits per heavy atom. The fourth-order valence-electron chi connectivity index (χ4n) is 3.01. The number of hydrogen-bond acceptors (Lipinski definition) is 6. The number of hydrogen-bond donors (Lipinski definition) is 1. The molecule has 6 nitrogen and oxygen atoms in total. The third kappa shape index (κ3) is 5.99. The van der Waals surface area contributed by atoms with Gasteiger partial charge in [0.15, 0.2) is 0 Å². The molecule has 0 aliphatic carbocycles. The first-order valence-corrected chi connectivity index (χ1v) is 12.4. The highest BCUT2D eigenvalue weighted by atomic mass is 35.5. The summed E-state index contributed by atoms with van der Waals surface area (Å²) in [6, 6.07) is 17.2. The summed E-state index contributed by atoms with van der Waals surface area (Å²) in [5.41, 5.74) is 1.96. The third-order valence-corrected chi connectivity index (χ3v) is 7.52. The number of halogens is 2. The summed E-state index contributed by atoms with van der Waals surface area (Å²) >= 11 is 13.0. The van der Waals surface area contributed by atoms with Gasteiger partial charge in [0, 0.05) is 6.07 Å². The lowest BCUT2D eigenvalue weighted by atomic mass is 10.2. The first kappa shape index (κ1) is 24.9. The molecule has 0 aliphatic rings. The summed E-state index contributed by atoms with van der Waals surface area (Å²) in [5, 5.41) is 2.54. The van der Waals surface area contributed by atoms with Crippen LogP contribution >= 0.6 is 23.2 Å². The van der Waals surface area contributed by atoms with Gasteiger partial charge in [0.2, 0.25) is 9.84 Å². The molecule has 3 rings (SSSR count). The van der Waals surface area contributed by atoms with E-state index in [-0.39, 0.29) is 51.0 Å². The SMILES string of the molecule is CCOC(=O)CNc1cc(OCc2ccccc2)c(Cl)c(S(=O)(=O)c2ccc(C)cc2)c1Cl. The summed E-state index contributed by atoms with van der Waals surface area (Å²) in [6.07, 6.45) is 0. The molecule has 0 aliphatic heterocycles. The Morgan fingerprint density at radius 1 is 1.00 bits per heavy atom. The van der Waals surface area contributed by atoms with Crippen molar-refractivity contribution in [3.63, 3.8) is 0 Å². The van der Waals surface area contributed by atoms with Gasteiger partial charge in [-0.15, -0.1) is 0 Å². The van der Waals surface area contributed by atoms with Crippen molar-refractivity contribution >= 4 is 44.7 Å². The van der Waals surface area contributed by atoms with Gasteiger partial charge in [-0.1, -0.05) is 71.2 Å². The molecule has 9 heteroatoms. The van der Waals surface area contributed by atoms with Gasteiger partial charge in [0.1, 0.15) is 28.8 Å². The number of carbonyl (C=O) groups is 1. The molecule has 0 atom stereocenters. The summed E-state index contributed by atoms with van der Waals surface area (Å²) < 4.78 is 37.7. The standard InChI is InChI=1S/C24H23Cl2NO5S/c1-3-31-21(28)14-27-19-13-20(32-15-17-7-5-4-6-8-17)23(26)24(22(19)25)33(29,30)18-11-9-16(2)10-12-18/h4-13,27H,3,14-15H2,1-2H3. The van der Waals surface area contributed by atoms with Crippen molar-refractivity contribution in [3.05, 3.63) is 81.8 Å². The summed E-state index contributed by atoms with van der Waals surface area (Å²) in [7, 11) is -4.09. The van der Waals surface area contributed by atoms with Crippen LogP contribution in [0.5, 0.6) is 5.75 Å². The molecule has 3 aromatic rings. The first-order valence-electron chi connectivity index (χ1n) is 10.1. The Morgan fingerprint density at radius 3 is 2.30 bits per heavy atom. The van der Waals surface area contributed by atoms with Crippen molar-refractivity contribution in [1.29, 1.82) is 0 Å². The van der Waals surface area contributed by atoms with E-state index in [0.29, 0.717) is 0 Å². The molecule has 174 valence electrons. The molecular formula is C24H23Cl2NO5S. The van der Waals surface area contributed by atoms with Gasteiger partial charge in [0.05, 0.1) is 22.2 Å². The number of aryl methyl sites for hydroxylation is 1. The summed E-state index contributed by atoms with van der Waals surface area (Å²) in [6.45, 7) is 3.70. The maximum Gasteiger partial charge on any atom is 0.325 e. The van der Waals surface area contributed by atoms with Gasteiger partial charge in [-0.25, -0.2) is 8.42 Å². The zero-order valence-corrected chi connectivity index (χ0v) is 20.4. The fraction of sp³-hybridized carbons (Fsp3) is 0.208. The van der Waals surface area contributed by atoms with Crippen LogP contribution in [0.15, 0.2) is 70.5 Å². The molecule has 0 saturated heterocycles. The average Bonchev–Trinajstić information content (AvgIpc) is 2.79. The van der Waals surface area contributed by atoms with Gasteiger partial charge in [-0.2, -0.15) is 0 Å². The second-order valence-electron chi connectivity index (χ2n) is 7.13. The zero-order chi connectivity index (χ0) is 24.0. The van der Waals surface area contributed by atoms with Crippen molar-refractivity contribution in [3.8, 4) is 5.75 Å². The van der Waals surface area contributed by atoms with Crippen molar-refractivity contribution < 1.29 is 22.7 Å². The van der Waals surface area contributed by atoms with Crippen LogP contribution in [0.3, 0.4) is 0 Å². The van der Waals surface area contributed by atoms with E-state index in [1.165, 1.54) is 18.2 Å². The van der Waals surface area contributed by atoms with E-state index >= 15 is 0 Å². The van der Waals surface area contributed by atoms with Gasteiger partial charge in [-0.05, 0) is 31.5 Å². The molecule has 0 amide bonds. The number of anilines is 1. The lowest BCUT2D eigenvalue weighted by Crippen LogP contribution is -2.17. The molecule has 1 N–H and O–H groups in total. The van der Waals surface area contributed by atoms with E-state index in [2.05, 4.69) is 5.32 Å². The average molecular weight is 508 g/mol. The van der Waals surface area contributed by atoms with E-state index in [9.17, 15) is 13.2 Å². The van der Waals surface area contributed by atoms with Gasteiger partial charge in [0.25, 0.3) is 0 Å². The quantitative estimate of drug-likeness (QED) is 0.374. The van der Waals surface area contributed by atoms with Gasteiger partial charge < -0.3 is 14.8 Å². The minimum Gasteiger partial charge on any atom is -0.487 e. The maximum atomic E-state index is 13.5. The second-order valence-corrected chi connectivity index (χ2v) is 9.77. The third-order valence-electron chi connectivity index (χ3n) is 4.69. The lowest BCUT2D eigenvalue weighted by Gasteiger charge is -2.18. The van der Waals surface area contributed by atoms with Crippen molar-refractivity contribution in [1.82, 2.24) is 0 Å². The fourth-order valence-corrected chi connectivity index (χ4v) is 5.50. The zero-order valence-electron chi connectivity index (χ0n) is 18.1. The topological polar surface area (TPSA) is 81.7 Å². The molecule has 0 radical (unpaired) electrons. The van der Waals surface area contributed by atoms with E-state index in [4.69, 9.17) is 32.7 Å². The Hall–Kier alpha value is -2.74. The molecule has 0 bridgehead atoms. The first-order chi connectivity index (χ1) is 15.7. The van der Waals surface area contributed by atoms with Crippen LogP contribution in [0, 0.1) is 6.92 Å². The molecule has 0 unspecified atom stereocenters. The number of benzene rings is 3.